The minimum Gasteiger partial charge on any atom is -0.423 e. The molecule has 1 aliphatic heterocycles. The summed E-state index contributed by atoms with van der Waals surface area (Å²) in [5.74, 6) is 0. The molecule has 1 N–H and O–H groups in total. The van der Waals surface area contributed by atoms with Crippen molar-refractivity contribution in [1.82, 2.24) is 19.6 Å². The van der Waals surface area contributed by atoms with Crippen LogP contribution in [0.4, 0.5) is 5.69 Å². The summed E-state index contributed by atoms with van der Waals surface area (Å²) in [5.41, 5.74) is 4.50. The van der Waals surface area contributed by atoms with E-state index in [0.29, 0.717) is 10.7 Å². The fourth-order valence-electron chi connectivity index (χ4n) is 3.91. The minimum atomic E-state index is -0.337. The van der Waals surface area contributed by atoms with Gasteiger partial charge in [0.15, 0.2) is 5.11 Å². The van der Waals surface area contributed by atoms with Crippen LogP contribution in [0.3, 0.4) is 0 Å². The predicted molar refractivity (Wildman–Crippen MR) is 123 cm³/mol. The van der Waals surface area contributed by atoms with Crippen molar-refractivity contribution in [3.05, 3.63) is 57.7 Å². The number of anilines is 1. The van der Waals surface area contributed by atoms with Gasteiger partial charge < -0.3 is 14.6 Å². The number of thiocarbonyl (C=S) groups is 1. The molecule has 0 unspecified atom stereocenters. The largest absolute Gasteiger partial charge is 0.423 e. The molecule has 4 rings (SSSR count). The van der Waals surface area contributed by atoms with Gasteiger partial charge in [-0.3, -0.25) is 9.58 Å². The lowest BCUT2D eigenvalue weighted by atomic mass is 10.1. The van der Waals surface area contributed by atoms with E-state index in [9.17, 15) is 4.79 Å². The molecule has 1 fully saturated rings. The average molecular weight is 426 g/mol. The Morgan fingerprint density at radius 3 is 2.67 bits per heavy atom. The monoisotopic (exact) mass is 425 g/mol. The van der Waals surface area contributed by atoms with Crippen LogP contribution in [-0.2, 0) is 13.1 Å². The molecule has 3 aromatic rings. The topological polar surface area (TPSA) is 66.5 Å². The van der Waals surface area contributed by atoms with Crippen molar-refractivity contribution in [2.24, 2.45) is 0 Å². The smallest absolute Gasteiger partial charge is 0.336 e. The standard InChI is InChI=1S/C22H27N5O2S/c1-4-27-16(3)17(13-23-27)14-25-7-9-26(10-8-25)22(30)24-18-5-6-19-15(2)11-21(28)29-20(19)12-18/h5-6,11-13H,4,7-10,14H2,1-3H3,(H,24,30). The highest BCUT2D eigenvalue weighted by molar-refractivity contribution is 7.80. The van der Waals surface area contributed by atoms with Gasteiger partial charge in [0, 0.05) is 73.7 Å². The van der Waals surface area contributed by atoms with Crippen molar-refractivity contribution in [3.63, 3.8) is 0 Å². The van der Waals surface area contributed by atoms with Crippen molar-refractivity contribution in [1.29, 1.82) is 0 Å². The summed E-state index contributed by atoms with van der Waals surface area (Å²) in [4.78, 5) is 16.3. The Balaban J connectivity index is 1.36. The SMILES string of the molecule is CCn1ncc(CN2CCN(C(=S)Nc3ccc4c(C)cc(=O)oc4c3)CC2)c1C. The number of benzene rings is 1. The minimum absolute atomic E-state index is 0.337. The number of fused-ring (bicyclic) bond motifs is 1. The molecule has 0 amide bonds. The molecule has 0 atom stereocenters. The Bertz CT molecular complexity index is 1130. The van der Waals surface area contributed by atoms with E-state index in [1.807, 2.05) is 36.0 Å². The summed E-state index contributed by atoms with van der Waals surface area (Å²) in [6, 6.07) is 7.26. The maximum absolute atomic E-state index is 11.7. The normalized spacial score (nSPS) is 15.0. The predicted octanol–water partition coefficient (Wildman–Crippen LogP) is 3.14. The Hall–Kier alpha value is -2.71. The van der Waals surface area contributed by atoms with E-state index in [1.165, 1.54) is 17.3 Å². The summed E-state index contributed by atoms with van der Waals surface area (Å²) in [5, 5.41) is 9.36. The summed E-state index contributed by atoms with van der Waals surface area (Å²) in [6.07, 6.45) is 1.98. The number of hydrogen-bond donors (Lipinski definition) is 1. The number of aromatic nitrogens is 2. The maximum atomic E-state index is 11.7. The van der Waals surface area contributed by atoms with Gasteiger partial charge in [-0.15, -0.1) is 0 Å². The number of nitrogens with zero attached hydrogens (tertiary/aromatic N) is 4. The Morgan fingerprint density at radius 1 is 1.20 bits per heavy atom. The zero-order valence-corrected chi connectivity index (χ0v) is 18.5. The van der Waals surface area contributed by atoms with Crippen LogP contribution < -0.4 is 10.9 Å². The van der Waals surface area contributed by atoms with Gasteiger partial charge in [-0.25, -0.2) is 4.79 Å². The van der Waals surface area contributed by atoms with E-state index < -0.39 is 0 Å². The molecule has 158 valence electrons. The molecular formula is C22H27N5O2S. The molecule has 3 heterocycles. The van der Waals surface area contributed by atoms with Crippen LogP contribution >= 0.6 is 12.2 Å². The molecule has 30 heavy (non-hydrogen) atoms. The van der Waals surface area contributed by atoms with Crippen molar-refractivity contribution in [3.8, 4) is 0 Å². The summed E-state index contributed by atoms with van der Waals surface area (Å²) in [6.45, 7) is 11.6. The molecule has 1 aliphatic rings. The Morgan fingerprint density at radius 2 is 1.97 bits per heavy atom. The maximum Gasteiger partial charge on any atom is 0.336 e. The van der Waals surface area contributed by atoms with Crippen molar-refractivity contribution < 1.29 is 4.42 Å². The van der Waals surface area contributed by atoms with E-state index in [4.69, 9.17) is 16.6 Å². The van der Waals surface area contributed by atoms with Gasteiger partial charge in [-0.05, 0) is 50.7 Å². The molecule has 0 aliphatic carbocycles. The fourth-order valence-corrected chi connectivity index (χ4v) is 4.21. The van der Waals surface area contributed by atoms with Crippen LogP contribution in [0.2, 0.25) is 0 Å². The quantitative estimate of drug-likeness (QED) is 0.509. The first kappa shape index (κ1) is 20.6. The second kappa shape index (κ2) is 8.57. The number of rotatable bonds is 4. The second-order valence-electron chi connectivity index (χ2n) is 7.72. The molecule has 1 aromatic carbocycles. The zero-order chi connectivity index (χ0) is 21.3. The first-order chi connectivity index (χ1) is 14.4. The number of hydrogen-bond acceptors (Lipinski definition) is 5. The molecule has 0 radical (unpaired) electrons. The Labute approximate surface area is 181 Å². The molecule has 2 aromatic heterocycles. The first-order valence-corrected chi connectivity index (χ1v) is 10.7. The molecule has 7 nitrogen and oxygen atoms in total. The van der Waals surface area contributed by atoms with Crippen molar-refractivity contribution in [2.75, 3.05) is 31.5 Å². The van der Waals surface area contributed by atoms with Crippen molar-refractivity contribution >= 4 is 34.0 Å². The van der Waals surface area contributed by atoms with Gasteiger partial charge in [-0.2, -0.15) is 5.10 Å². The van der Waals surface area contributed by atoms with E-state index in [-0.39, 0.29) is 5.63 Å². The van der Waals surface area contributed by atoms with Crippen LogP contribution in [0.1, 0.15) is 23.7 Å². The van der Waals surface area contributed by atoms with E-state index in [2.05, 4.69) is 34.1 Å². The van der Waals surface area contributed by atoms with Crippen LogP contribution in [-0.4, -0.2) is 50.9 Å². The molecule has 1 saturated heterocycles. The fraction of sp³-hybridized carbons (Fsp3) is 0.409. The van der Waals surface area contributed by atoms with Gasteiger partial charge in [0.25, 0.3) is 0 Å². The summed E-state index contributed by atoms with van der Waals surface area (Å²) < 4.78 is 7.37. The molecular weight excluding hydrogens is 398 g/mol. The first-order valence-electron chi connectivity index (χ1n) is 10.3. The number of aryl methyl sites for hydroxylation is 2. The highest BCUT2D eigenvalue weighted by atomic mass is 32.1. The van der Waals surface area contributed by atoms with Crippen LogP contribution in [0.5, 0.6) is 0 Å². The van der Waals surface area contributed by atoms with Gasteiger partial charge in [0.1, 0.15) is 5.58 Å². The molecule has 8 heteroatoms. The number of nitrogens with one attached hydrogen (secondary N) is 1. The van der Waals surface area contributed by atoms with Crippen molar-refractivity contribution in [2.45, 2.75) is 33.9 Å². The van der Waals surface area contributed by atoms with Crippen LogP contribution in [0, 0.1) is 13.8 Å². The summed E-state index contributed by atoms with van der Waals surface area (Å²) in [7, 11) is 0. The molecule has 0 saturated carbocycles. The van der Waals surface area contributed by atoms with Crippen LogP contribution in [0.15, 0.2) is 39.7 Å². The molecule has 0 bridgehead atoms. The van der Waals surface area contributed by atoms with Gasteiger partial charge in [-0.1, -0.05) is 0 Å². The third kappa shape index (κ3) is 4.24. The summed E-state index contributed by atoms with van der Waals surface area (Å²) >= 11 is 5.63. The molecule has 0 spiro atoms. The zero-order valence-electron chi connectivity index (χ0n) is 17.6. The highest BCUT2D eigenvalue weighted by Crippen LogP contribution is 2.21. The van der Waals surface area contributed by atoms with Gasteiger partial charge in [0.05, 0.1) is 6.20 Å². The Kier molecular flexibility index (Phi) is 5.87. The van der Waals surface area contributed by atoms with Gasteiger partial charge >= 0.3 is 5.63 Å². The number of piperazine rings is 1. The lowest BCUT2D eigenvalue weighted by Gasteiger charge is -2.36. The highest BCUT2D eigenvalue weighted by Gasteiger charge is 2.20. The third-order valence-corrected chi connectivity index (χ3v) is 6.12. The van der Waals surface area contributed by atoms with E-state index in [1.54, 1.807) is 0 Å². The third-order valence-electron chi connectivity index (χ3n) is 5.76. The van der Waals surface area contributed by atoms with E-state index in [0.717, 1.165) is 55.9 Å². The second-order valence-corrected chi connectivity index (χ2v) is 8.11. The van der Waals surface area contributed by atoms with Gasteiger partial charge in [0.2, 0.25) is 0 Å². The van der Waals surface area contributed by atoms with E-state index >= 15 is 0 Å². The lowest BCUT2D eigenvalue weighted by molar-refractivity contribution is 0.176. The lowest BCUT2D eigenvalue weighted by Crippen LogP contribution is -2.49. The average Bonchev–Trinajstić information content (AvgIpc) is 3.07. The van der Waals surface area contributed by atoms with Crippen LogP contribution in [0.25, 0.3) is 11.0 Å².